The molecule has 1 heterocycles. The first-order valence-corrected chi connectivity index (χ1v) is 8.12. The molecule has 0 bridgehead atoms. The summed E-state index contributed by atoms with van der Waals surface area (Å²) in [6, 6.07) is 9.01. The topological polar surface area (TPSA) is 12.0 Å². The highest BCUT2D eigenvalue weighted by atomic mass is 35.5. The Bertz CT molecular complexity index is 567. The molecule has 1 aromatic carbocycles. The zero-order valence-corrected chi connectivity index (χ0v) is 13.3. The third kappa shape index (κ3) is 3.60. The third-order valence-corrected chi connectivity index (χ3v) is 4.72. The van der Waals surface area contributed by atoms with Crippen LogP contribution in [0.2, 0.25) is 5.02 Å². The maximum atomic E-state index is 14.2. The smallest absolute Gasteiger partial charge is 0.129 e. The zero-order valence-electron chi connectivity index (χ0n) is 11.7. The Hall–Kier alpha value is -0.900. The Labute approximate surface area is 128 Å². The van der Waals surface area contributed by atoms with Crippen molar-refractivity contribution in [1.29, 1.82) is 0 Å². The van der Waals surface area contributed by atoms with Gasteiger partial charge in [-0.3, -0.25) is 0 Å². The summed E-state index contributed by atoms with van der Waals surface area (Å²) in [6.45, 7) is 5.09. The molecule has 1 nitrogen and oxygen atoms in total. The molecule has 1 unspecified atom stereocenters. The minimum Gasteiger partial charge on any atom is -0.306 e. The highest BCUT2D eigenvalue weighted by Gasteiger charge is 2.19. The number of aryl methyl sites for hydroxylation is 1. The van der Waals surface area contributed by atoms with Gasteiger partial charge < -0.3 is 5.32 Å². The van der Waals surface area contributed by atoms with Gasteiger partial charge in [-0.1, -0.05) is 31.5 Å². The van der Waals surface area contributed by atoms with Crippen LogP contribution in [0.1, 0.15) is 41.6 Å². The van der Waals surface area contributed by atoms with E-state index in [-0.39, 0.29) is 11.9 Å². The SMILES string of the molecule is CCCNC(c1ccc(CC)s1)c1ccc(Cl)cc1F. The van der Waals surface area contributed by atoms with Gasteiger partial charge in [-0.25, -0.2) is 4.39 Å². The molecule has 4 heteroatoms. The van der Waals surface area contributed by atoms with Gasteiger partial charge >= 0.3 is 0 Å². The van der Waals surface area contributed by atoms with Gasteiger partial charge in [0.05, 0.1) is 6.04 Å². The van der Waals surface area contributed by atoms with Crippen molar-refractivity contribution in [2.75, 3.05) is 6.54 Å². The second-order valence-corrected chi connectivity index (χ2v) is 6.35. The number of halogens is 2. The van der Waals surface area contributed by atoms with Gasteiger partial charge in [0.1, 0.15) is 5.82 Å². The average molecular weight is 312 g/mol. The predicted molar refractivity (Wildman–Crippen MR) is 85.2 cm³/mol. The number of thiophene rings is 1. The first-order chi connectivity index (χ1) is 9.65. The maximum absolute atomic E-state index is 14.2. The molecule has 0 aliphatic heterocycles. The molecular weight excluding hydrogens is 293 g/mol. The predicted octanol–water partition coefficient (Wildman–Crippen LogP) is 5.19. The first-order valence-electron chi connectivity index (χ1n) is 6.92. The van der Waals surface area contributed by atoms with Crippen molar-refractivity contribution in [1.82, 2.24) is 5.32 Å². The van der Waals surface area contributed by atoms with Crippen molar-refractivity contribution in [2.45, 2.75) is 32.7 Å². The fraction of sp³-hybridized carbons (Fsp3) is 0.375. The Balaban J connectivity index is 2.35. The molecule has 0 radical (unpaired) electrons. The molecule has 0 saturated carbocycles. The van der Waals surface area contributed by atoms with E-state index in [1.807, 2.05) is 0 Å². The highest BCUT2D eigenvalue weighted by molar-refractivity contribution is 7.12. The third-order valence-electron chi connectivity index (χ3n) is 3.19. The van der Waals surface area contributed by atoms with Crippen LogP contribution in [-0.4, -0.2) is 6.54 Å². The maximum Gasteiger partial charge on any atom is 0.129 e. The van der Waals surface area contributed by atoms with Crippen LogP contribution in [0.15, 0.2) is 30.3 Å². The molecule has 1 N–H and O–H groups in total. The number of hydrogen-bond donors (Lipinski definition) is 1. The van der Waals surface area contributed by atoms with Crippen LogP contribution < -0.4 is 5.32 Å². The summed E-state index contributed by atoms with van der Waals surface area (Å²) in [5.74, 6) is -0.252. The summed E-state index contributed by atoms with van der Waals surface area (Å²) in [5.41, 5.74) is 0.660. The van der Waals surface area contributed by atoms with Gasteiger partial charge in [0, 0.05) is 20.3 Å². The Morgan fingerprint density at radius 2 is 2.05 bits per heavy atom. The van der Waals surface area contributed by atoms with Crippen LogP contribution in [-0.2, 0) is 6.42 Å². The highest BCUT2D eigenvalue weighted by Crippen LogP contribution is 2.31. The van der Waals surface area contributed by atoms with E-state index < -0.39 is 0 Å². The van der Waals surface area contributed by atoms with Crippen LogP contribution in [0.25, 0.3) is 0 Å². The van der Waals surface area contributed by atoms with E-state index in [0.717, 1.165) is 24.3 Å². The second-order valence-electron chi connectivity index (χ2n) is 4.71. The fourth-order valence-electron chi connectivity index (χ4n) is 2.13. The molecule has 1 atom stereocenters. The molecule has 2 rings (SSSR count). The lowest BCUT2D eigenvalue weighted by molar-refractivity contribution is 0.551. The molecule has 0 spiro atoms. The molecule has 0 saturated heterocycles. The summed E-state index contributed by atoms with van der Waals surface area (Å²) in [7, 11) is 0. The standard InChI is InChI=1S/C16H19ClFNS/c1-3-9-19-16(15-8-6-12(4-2)20-15)13-7-5-11(17)10-14(13)18/h5-8,10,16,19H,3-4,9H2,1-2H3. The fourth-order valence-corrected chi connectivity index (χ4v) is 3.33. The van der Waals surface area contributed by atoms with Gasteiger partial charge in [0.2, 0.25) is 0 Å². The van der Waals surface area contributed by atoms with Crippen molar-refractivity contribution in [2.24, 2.45) is 0 Å². The molecule has 2 aromatic rings. The van der Waals surface area contributed by atoms with Gasteiger partial charge in [-0.05, 0) is 43.7 Å². The normalized spacial score (nSPS) is 12.6. The molecular formula is C16H19ClFNS. The summed E-state index contributed by atoms with van der Waals surface area (Å²) in [4.78, 5) is 2.47. The van der Waals surface area contributed by atoms with Crippen LogP contribution in [0.4, 0.5) is 4.39 Å². The van der Waals surface area contributed by atoms with E-state index in [0.29, 0.717) is 10.6 Å². The molecule has 0 aliphatic carbocycles. The van der Waals surface area contributed by atoms with Crippen molar-refractivity contribution >= 4 is 22.9 Å². The minimum absolute atomic E-state index is 0.0995. The molecule has 108 valence electrons. The van der Waals surface area contributed by atoms with Crippen molar-refractivity contribution in [3.05, 3.63) is 56.5 Å². The van der Waals surface area contributed by atoms with E-state index in [1.54, 1.807) is 23.5 Å². The Morgan fingerprint density at radius 1 is 1.25 bits per heavy atom. The van der Waals surface area contributed by atoms with Crippen molar-refractivity contribution < 1.29 is 4.39 Å². The Morgan fingerprint density at radius 3 is 2.65 bits per heavy atom. The largest absolute Gasteiger partial charge is 0.306 e. The molecule has 0 fully saturated rings. The Kier molecular flexibility index (Phi) is 5.58. The van der Waals surface area contributed by atoms with E-state index >= 15 is 0 Å². The van der Waals surface area contributed by atoms with E-state index in [2.05, 4.69) is 31.3 Å². The summed E-state index contributed by atoms with van der Waals surface area (Å²) in [5, 5.41) is 3.86. The number of hydrogen-bond acceptors (Lipinski definition) is 2. The van der Waals surface area contributed by atoms with Crippen LogP contribution >= 0.6 is 22.9 Å². The number of benzene rings is 1. The zero-order chi connectivity index (χ0) is 14.5. The lowest BCUT2D eigenvalue weighted by Gasteiger charge is -2.18. The van der Waals surface area contributed by atoms with Gasteiger partial charge in [-0.2, -0.15) is 0 Å². The molecule has 0 amide bonds. The van der Waals surface area contributed by atoms with Gasteiger partial charge in [-0.15, -0.1) is 11.3 Å². The van der Waals surface area contributed by atoms with Crippen LogP contribution in [0.5, 0.6) is 0 Å². The molecule has 20 heavy (non-hydrogen) atoms. The number of rotatable bonds is 6. The van der Waals surface area contributed by atoms with E-state index in [4.69, 9.17) is 11.6 Å². The monoisotopic (exact) mass is 311 g/mol. The molecule has 0 aliphatic rings. The lowest BCUT2D eigenvalue weighted by atomic mass is 10.0. The minimum atomic E-state index is -0.252. The average Bonchev–Trinajstić information content (AvgIpc) is 2.90. The van der Waals surface area contributed by atoms with E-state index in [9.17, 15) is 4.39 Å². The van der Waals surface area contributed by atoms with Crippen molar-refractivity contribution in [3.63, 3.8) is 0 Å². The number of nitrogens with one attached hydrogen (secondary N) is 1. The quantitative estimate of drug-likeness (QED) is 0.774. The first kappa shape index (κ1) is 15.5. The van der Waals surface area contributed by atoms with Crippen LogP contribution in [0, 0.1) is 5.82 Å². The summed E-state index contributed by atoms with van der Waals surface area (Å²) >= 11 is 7.58. The summed E-state index contributed by atoms with van der Waals surface area (Å²) in [6.07, 6.45) is 2.02. The second kappa shape index (κ2) is 7.21. The van der Waals surface area contributed by atoms with E-state index in [1.165, 1.54) is 10.9 Å². The summed E-state index contributed by atoms with van der Waals surface area (Å²) < 4.78 is 14.2. The lowest BCUT2D eigenvalue weighted by Crippen LogP contribution is -2.23. The van der Waals surface area contributed by atoms with Gasteiger partial charge in [0.25, 0.3) is 0 Å². The van der Waals surface area contributed by atoms with Crippen LogP contribution in [0.3, 0.4) is 0 Å². The van der Waals surface area contributed by atoms with Crippen molar-refractivity contribution in [3.8, 4) is 0 Å². The van der Waals surface area contributed by atoms with Gasteiger partial charge in [0.15, 0.2) is 0 Å². The molecule has 1 aromatic heterocycles.